The van der Waals surface area contributed by atoms with Gasteiger partial charge in [-0.05, 0) is 32.9 Å². The summed E-state index contributed by atoms with van der Waals surface area (Å²) in [5.41, 5.74) is 7.33. The number of nitrogens with two attached hydrogens (primary N) is 1. The molecule has 0 saturated heterocycles. The lowest BCUT2D eigenvalue weighted by atomic mass is 10.2. The summed E-state index contributed by atoms with van der Waals surface area (Å²) in [6.45, 7) is 10.8. The molecule has 2 aromatic heterocycles. The summed E-state index contributed by atoms with van der Waals surface area (Å²) in [6.07, 6.45) is 0. The first kappa shape index (κ1) is 16.1. The summed E-state index contributed by atoms with van der Waals surface area (Å²) in [6, 6.07) is 0.326. The summed E-state index contributed by atoms with van der Waals surface area (Å²) in [7, 11) is 1.72. The molecule has 0 aliphatic rings. The van der Waals surface area contributed by atoms with Crippen LogP contribution in [0.5, 0.6) is 0 Å². The van der Waals surface area contributed by atoms with E-state index in [2.05, 4.69) is 37.6 Å². The summed E-state index contributed by atoms with van der Waals surface area (Å²) in [5, 5.41) is 1.01. The first-order chi connectivity index (χ1) is 9.97. The Balaban J connectivity index is 2.30. The minimum Gasteiger partial charge on any atom is -0.383 e. The number of ether oxygens (including phenoxy) is 1. The van der Waals surface area contributed by atoms with Gasteiger partial charge in [0.1, 0.15) is 16.5 Å². The lowest BCUT2D eigenvalue weighted by Crippen LogP contribution is -2.36. The number of nitrogen functional groups attached to an aromatic ring is 1. The predicted molar refractivity (Wildman–Crippen MR) is 88.7 cm³/mol. The number of rotatable bonds is 6. The van der Waals surface area contributed by atoms with Crippen LogP contribution in [0.4, 0.5) is 5.82 Å². The van der Waals surface area contributed by atoms with E-state index in [1.54, 1.807) is 18.4 Å². The van der Waals surface area contributed by atoms with Crippen LogP contribution in [-0.4, -0.2) is 41.2 Å². The van der Waals surface area contributed by atoms with E-state index in [1.165, 1.54) is 10.4 Å². The molecule has 5 nitrogen and oxygen atoms in total. The van der Waals surface area contributed by atoms with E-state index >= 15 is 0 Å². The van der Waals surface area contributed by atoms with Crippen LogP contribution in [0.15, 0.2) is 0 Å². The second-order valence-corrected chi connectivity index (χ2v) is 6.56. The van der Waals surface area contributed by atoms with Gasteiger partial charge in [0.05, 0.1) is 18.5 Å². The zero-order chi connectivity index (χ0) is 15.6. The molecule has 0 spiro atoms. The number of anilines is 1. The Morgan fingerprint density at radius 3 is 2.67 bits per heavy atom. The minimum absolute atomic E-state index is 0.326. The zero-order valence-corrected chi connectivity index (χ0v) is 14.3. The Hall–Kier alpha value is -1.24. The van der Waals surface area contributed by atoms with Crippen molar-refractivity contribution in [2.24, 2.45) is 0 Å². The van der Waals surface area contributed by atoms with Gasteiger partial charge in [-0.1, -0.05) is 6.92 Å². The van der Waals surface area contributed by atoms with Crippen molar-refractivity contribution in [1.29, 1.82) is 0 Å². The molecule has 0 fully saturated rings. The average molecular weight is 308 g/mol. The summed E-state index contributed by atoms with van der Waals surface area (Å²) in [4.78, 5) is 13.7. The molecule has 116 valence electrons. The van der Waals surface area contributed by atoms with Crippen LogP contribution < -0.4 is 5.73 Å². The highest BCUT2D eigenvalue weighted by Gasteiger charge is 2.17. The zero-order valence-electron chi connectivity index (χ0n) is 13.4. The van der Waals surface area contributed by atoms with Crippen LogP contribution in [0.25, 0.3) is 10.2 Å². The average Bonchev–Trinajstić information content (AvgIpc) is 2.71. The standard InChI is InChI=1S/C15H24N4OS/c1-6-19(9(2)8-20-5)7-12-17-14(16)13-10(3)11(4)21-15(13)18-12/h9H,6-8H2,1-5H3,(H2,16,17,18). The van der Waals surface area contributed by atoms with Gasteiger partial charge in [-0.2, -0.15) is 0 Å². The van der Waals surface area contributed by atoms with Crippen molar-refractivity contribution in [2.75, 3.05) is 26.0 Å². The smallest absolute Gasteiger partial charge is 0.146 e. The molecule has 0 aliphatic heterocycles. The fourth-order valence-electron chi connectivity index (χ4n) is 2.50. The Morgan fingerprint density at radius 1 is 1.33 bits per heavy atom. The van der Waals surface area contributed by atoms with Gasteiger partial charge < -0.3 is 10.5 Å². The number of aryl methyl sites for hydroxylation is 2. The third-order valence-corrected chi connectivity index (χ3v) is 4.99. The fourth-order valence-corrected chi connectivity index (χ4v) is 3.56. The highest BCUT2D eigenvalue weighted by atomic mass is 32.1. The van der Waals surface area contributed by atoms with Crippen LogP contribution in [0.2, 0.25) is 0 Å². The second kappa shape index (κ2) is 6.68. The topological polar surface area (TPSA) is 64.3 Å². The Kier molecular flexibility index (Phi) is 5.13. The van der Waals surface area contributed by atoms with E-state index in [0.29, 0.717) is 25.0 Å². The lowest BCUT2D eigenvalue weighted by Gasteiger charge is -2.26. The SMILES string of the molecule is CCN(Cc1nc(N)c2c(C)c(C)sc2n1)C(C)COC. The van der Waals surface area contributed by atoms with Gasteiger partial charge in [-0.3, -0.25) is 4.90 Å². The number of hydrogen-bond donors (Lipinski definition) is 1. The van der Waals surface area contributed by atoms with E-state index < -0.39 is 0 Å². The van der Waals surface area contributed by atoms with Gasteiger partial charge in [0, 0.05) is 18.0 Å². The van der Waals surface area contributed by atoms with Crippen molar-refractivity contribution >= 4 is 27.4 Å². The molecule has 21 heavy (non-hydrogen) atoms. The van der Waals surface area contributed by atoms with Crippen LogP contribution in [0.3, 0.4) is 0 Å². The third kappa shape index (κ3) is 3.33. The molecule has 0 aromatic carbocycles. The third-order valence-electron chi connectivity index (χ3n) is 3.88. The highest BCUT2D eigenvalue weighted by Crippen LogP contribution is 2.31. The number of hydrogen-bond acceptors (Lipinski definition) is 6. The highest BCUT2D eigenvalue weighted by molar-refractivity contribution is 7.18. The van der Waals surface area contributed by atoms with Crippen molar-refractivity contribution in [3.8, 4) is 0 Å². The monoisotopic (exact) mass is 308 g/mol. The maximum Gasteiger partial charge on any atom is 0.146 e. The molecule has 0 amide bonds. The van der Waals surface area contributed by atoms with E-state index in [1.807, 2.05) is 0 Å². The number of aromatic nitrogens is 2. The number of methoxy groups -OCH3 is 1. The molecule has 0 bridgehead atoms. The van der Waals surface area contributed by atoms with Gasteiger partial charge in [0.2, 0.25) is 0 Å². The largest absolute Gasteiger partial charge is 0.383 e. The van der Waals surface area contributed by atoms with Crippen LogP contribution in [0.1, 0.15) is 30.1 Å². The van der Waals surface area contributed by atoms with Crippen molar-refractivity contribution in [3.05, 3.63) is 16.3 Å². The molecular formula is C15H24N4OS. The number of nitrogens with zero attached hydrogens (tertiary/aromatic N) is 3. The summed E-state index contributed by atoms with van der Waals surface area (Å²) in [5.74, 6) is 1.37. The van der Waals surface area contributed by atoms with Crippen molar-refractivity contribution < 1.29 is 4.74 Å². The Labute approximate surface area is 130 Å². The molecule has 1 atom stereocenters. The molecular weight excluding hydrogens is 284 g/mol. The minimum atomic E-state index is 0.326. The molecule has 6 heteroatoms. The second-order valence-electron chi connectivity index (χ2n) is 5.36. The maximum absolute atomic E-state index is 6.14. The van der Waals surface area contributed by atoms with Crippen molar-refractivity contribution in [1.82, 2.24) is 14.9 Å². The number of thiophene rings is 1. The van der Waals surface area contributed by atoms with Crippen molar-refractivity contribution in [2.45, 2.75) is 40.3 Å². The molecule has 2 aromatic rings. The molecule has 2 N–H and O–H groups in total. The predicted octanol–water partition coefficient (Wildman–Crippen LogP) is 2.75. The summed E-state index contributed by atoms with van der Waals surface area (Å²) >= 11 is 1.69. The molecule has 1 unspecified atom stereocenters. The van der Waals surface area contributed by atoms with Crippen LogP contribution >= 0.6 is 11.3 Å². The van der Waals surface area contributed by atoms with Crippen LogP contribution in [-0.2, 0) is 11.3 Å². The van der Waals surface area contributed by atoms with Crippen LogP contribution in [0, 0.1) is 13.8 Å². The fraction of sp³-hybridized carbons (Fsp3) is 0.600. The Morgan fingerprint density at radius 2 is 2.05 bits per heavy atom. The number of likely N-dealkylation sites (N-methyl/N-ethyl adjacent to an activating group) is 1. The van der Waals surface area contributed by atoms with E-state index in [9.17, 15) is 0 Å². The molecule has 0 saturated carbocycles. The normalized spacial score (nSPS) is 13.2. The van der Waals surface area contributed by atoms with Gasteiger partial charge in [-0.15, -0.1) is 11.3 Å². The van der Waals surface area contributed by atoms with Gasteiger partial charge in [0.15, 0.2) is 0 Å². The summed E-state index contributed by atoms with van der Waals surface area (Å²) < 4.78 is 5.23. The molecule has 2 rings (SSSR count). The quantitative estimate of drug-likeness (QED) is 0.889. The van der Waals surface area contributed by atoms with E-state index in [4.69, 9.17) is 15.5 Å². The first-order valence-electron chi connectivity index (χ1n) is 7.23. The van der Waals surface area contributed by atoms with E-state index in [0.717, 1.165) is 22.6 Å². The maximum atomic E-state index is 6.14. The molecule has 2 heterocycles. The lowest BCUT2D eigenvalue weighted by molar-refractivity contribution is 0.0966. The molecule has 0 radical (unpaired) electrons. The van der Waals surface area contributed by atoms with Crippen molar-refractivity contribution in [3.63, 3.8) is 0 Å². The van der Waals surface area contributed by atoms with E-state index in [-0.39, 0.29) is 0 Å². The van der Waals surface area contributed by atoms with Gasteiger partial charge in [0.25, 0.3) is 0 Å². The first-order valence-corrected chi connectivity index (χ1v) is 8.04. The van der Waals surface area contributed by atoms with Gasteiger partial charge in [-0.25, -0.2) is 9.97 Å². The van der Waals surface area contributed by atoms with Gasteiger partial charge >= 0.3 is 0 Å². The molecule has 0 aliphatic carbocycles. The number of fused-ring (bicyclic) bond motifs is 1. The Bertz CT molecular complexity index is 626.